The van der Waals surface area contributed by atoms with Gasteiger partial charge in [-0.15, -0.1) is 0 Å². The molecule has 0 spiro atoms. The Kier molecular flexibility index (Phi) is 65.2. The van der Waals surface area contributed by atoms with E-state index in [-0.39, 0.29) is 31.1 Å². The van der Waals surface area contributed by atoms with Gasteiger partial charge in [-0.2, -0.15) is 0 Å². The Labute approximate surface area is 496 Å². The van der Waals surface area contributed by atoms with Crippen LogP contribution in [0.25, 0.3) is 0 Å². The fourth-order valence-corrected chi connectivity index (χ4v) is 9.87. The van der Waals surface area contributed by atoms with Crippen molar-refractivity contribution in [2.24, 2.45) is 0 Å². The van der Waals surface area contributed by atoms with E-state index in [4.69, 9.17) is 14.2 Å². The summed E-state index contributed by atoms with van der Waals surface area (Å²) in [6.07, 6.45) is 90.1. The van der Waals surface area contributed by atoms with Gasteiger partial charge in [0.15, 0.2) is 6.10 Å². The Hall–Kier alpha value is -3.41. The molecule has 0 bridgehead atoms. The molecule has 462 valence electrons. The standard InChI is InChI=1S/C74H130O6/c1-4-7-10-13-16-19-22-25-28-31-34-36-37-39-40-43-46-49-52-55-58-61-64-67-73(76)79-70-71(69-78-72(75)66-63-60-57-54-51-48-45-42-33-30-27-24-21-18-15-12-9-6-3)80-74(77)68-65-62-59-56-53-50-47-44-41-38-35-32-29-26-23-20-17-14-11-8-5-2/h21-26,30-35,37,39,71H,4-20,27-29,36,38,40-70H2,1-3H3/b24-21-,25-22-,26-23-,33-30-,34-31-,35-32-,39-37-. The van der Waals surface area contributed by atoms with Crippen molar-refractivity contribution < 1.29 is 28.6 Å². The van der Waals surface area contributed by atoms with Crippen LogP contribution < -0.4 is 0 Å². The molecule has 1 unspecified atom stereocenters. The molecule has 0 aliphatic carbocycles. The number of carbonyl (C=O) groups excluding carboxylic acids is 3. The van der Waals surface area contributed by atoms with Crippen molar-refractivity contribution in [1.82, 2.24) is 0 Å². The van der Waals surface area contributed by atoms with Crippen molar-refractivity contribution in [2.45, 2.75) is 354 Å². The molecule has 0 aromatic heterocycles. The lowest BCUT2D eigenvalue weighted by Gasteiger charge is -2.18. The Morgan fingerprint density at radius 3 is 0.713 bits per heavy atom. The Bertz CT molecular complexity index is 1520. The smallest absolute Gasteiger partial charge is 0.306 e. The zero-order valence-electron chi connectivity index (χ0n) is 53.1. The van der Waals surface area contributed by atoms with Crippen molar-refractivity contribution in [2.75, 3.05) is 13.2 Å². The van der Waals surface area contributed by atoms with E-state index in [1.165, 1.54) is 212 Å². The maximum Gasteiger partial charge on any atom is 0.306 e. The van der Waals surface area contributed by atoms with Gasteiger partial charge in [-0.05, 0) is 122 Å². The second-order valence-corrected chi connectivity index (χ2v) is 23.1. The summed E-state index contributed by atoms with van der Waals surface area (Å²) < 4.78 is 17.0. The van der Waals surface area contributed by atoms with E-state index in [2.05, 4.69) is 106 Å². The SMILES string of the molecule is CCCCCC/C=C\C/C=C\CCCCCCCCCC(=O)OCC(COC(=O)CCCCCCCCCC/C=C\C/C=C\C/C=C\CCCCCCC)OC(=O)CCCCCCCCCCC/C=C\C/C=C\CCCCCCC. The van der Waals surface area contributed by atoms with Gasteiger partial charge >= 0.3 is 17.9 Å². The van der Waals surface area contributed by atoms with E-state index in [0.717, 1.165) is 96.3 Å². The molecule has 0 amide bonds. The van der Waals surface area contributed by atoms with E-state index in [0.29, 0.717) is 19.3 Å². The highest BCUT2D eigenvalue weighted by Crippen LogP contribution is 2.16. The van der Waals surface area contributed by atoms with Gasteiger partial charge in [0.05, 0.1) is 0 Å². The minimum absolute atomic E-state index is 0.0837. The van der Waals surface area contributed by atoms with E-state index < -0.39 is 6.10 Å². The highest BCUT2D eigenvalue weighted by Gasteiger charge is 2.19. The van der Waals surface area contributed by atoms with E-state index in [1.807, 2.05) is 0 Å². The molecular formula is C74H130O6. The minimum atomic E-state index is -0.788. The van der Waals surface area contributed by atoms with Crippen molar-refractivity contribution in [3.05, 3.63) is 85.1 Å². The Morgan fingerprint density at radius 1 is 0.250 bits per heavy atom. The quantitative estimate of drug-likeness (QED) is 0.0261. The minimum Gasteiger partial charge on any atom is -0.462 e. The molecule has 0 rings (SSSR count). The first-order chi connectivity index (χ1) is 39.5. The first-order valence-corrected chi connectivity index (χ1v) is 34.6. The summed E-state index contributed by atoms with van der Waals surface area (Å²) in [5.74, 6) is -0.886. The van der Waals surface area contributed by atoms with Gasteiger partial charge in [0.25, 0.3) is 0 Å². The first kappa shape index (κ1) is 76.6. The van der Waals surface area contributed by atoms with Gasteiger partial charge in [-0.25, -0.2) is 0 Å². The van der Waals surface area contributed by atoms with Crippen molar-refractivity contribution >= 4 is 17.9 Å². The number of carbonyl (C=O) groups is 3. The van der Waals surface area contributed by atoms with Gasteiger partial charge in [-0.1, -0.05) is 292 Å². The van der Waals surface area contributed by atoms with E-state index >= 15 is 0 Å². The van der Waals surface area contributed by atoms with E-state index in [9.17, 15) is 14.4 Å². The molecule has 0 aromatic rings. The summed E-state index contributed by atoms with van der Waals surface area (Å²) in [5, 5.41) is 0. The molecule has 80 heavy (non-hydrogen) atoms. The predicted molar refractivity (Wildman–Crippen MR) is 348 cm³/mol. The Morgan fingerprint density at radius 2 is 0.450 bits per heavy atom. The van der Waals surface area contributed by atoms with Crippen LogP contribution in [-0.2, 0) is 28.6 Å². The molecule has 0 heterocycles. The largest absolute Gasteiger partial charge is 0.462 e. The average molecular weight is 1120 g/mol. The van der Waals surface area contributed by atoms with Crippen molar-refractivity contribution in [1.29, 1.82) is 0 Å². The number of hydrogen-bond acceptors (Lipinski definition) is 6. The second kappa shape index (κ2) is 68.1. The van der Waals surface area contributed by atoms with Gasteiger partial charge in [-0.3, -0.25) is 14.4 Å². The van der Waals surface area contributed by atoms with Crippen LogP contribution in [0.2, 0.25) is 0 Å². The molecule has 6 nitrogen and oxygen atoms in total. The highest BCUT2D eigenvalue weighted by atomic mass is 16.6. The molecule has 6 heteroatoms. The Balaban J connectivity index is 4.40. The summed E-state index contributed by atoms with van der Waals surface area (Å²) in [6.45, 7) is 6.63. The van der Waals surface area contributed by atoms with Crippen LogP contribution in [0.15, 0.2) is 85.1 Å². The summed E-state index contributed by atoms with van der Waals surface area (Å²) >= 11 is 0. The molecule has 1 atom stereocenters. The summed E-state index contributed by atoms with van der Waals surface area (Å²) in [5.41, 5.74) is 0. The van der Waals surface area contributed by atoms with Crippen molar-refractivity contribution in [3.8, 4) is 0 Å². The molecule has 0 aromatic carbocycles. The predicted octanol–water partition coefficient (Wildman–Crippen LogP) is 23.8. The molecule has 0 fully saturated rings. The molecule has 0 saturated heterocycles. The summed E-state index contributed by atoms with van der Waals surface area (Å²) in [6, 6.07) is 0. The molecular weight excluding hydrogens is 985 g/mol. The fourth-order valence-electron chi connectivity index (χ4n) is 9.87. The molecule has 0 aliphatic rings. The summed E-state index contributed by atoms with van der Waals surface area (Å²) in [4.78, 5) is 38.5. The maximum atomic E-state index is 13.0. The van der Waals surface area contributed by atoms with Crippen LogP contribution in [0, 0.1) is 0 Å². The third kappa shape index (κ3) is 65.4. The third-order valence-electron chi connectivity index (χ3n) is 15.1. The highest BCUT2D eigenvalue weighted by molar-refractivity contribution is 5.71. The van der Waals surface area contributed by atoms with Gasteiger partial charge in [0.1, 0.15) is 13.2 Å². The lowest BCUT2D eigenvalue weighted by atomic mass is 10.1. The van der Waals surface area contributed by atoms with Crippen LogP contribution in [0.4, 0.5) is 0 Å². The van der Waals surface area contributed by atoms with Gasteiger partial charge in [0.2, 0.25) is 0 Å². The summed E-state index contributed by atoms with van der Waals surface area (Å²) in [7, 11) is 0. The second-order valence-electron chi connectivity index (χ2n) is 23.1. The monoisotopic (exact) mass is 1110 g/mol. The maximum absolute atomic E-state index is 13.0. The number of esters is 3. The third-order valence-corrected chi connectivity index (χ3v) is 15.1. The first-order valence-electron chi connectivity index (χ1n) is 34.6. The average Bonchev–Trinajstić information content (AvgIpc) is 3.46. The van der Waals surface area contributed by atoms with Gasteiger partial charge < -0.3 is 14.2 Å². The topological polar surface area (TPSA) is 78.9 Å². The van der Waals surface area contributed by atoms with Crippen LogP contribution >= 0.6 is 0 Å². The number of hydrogen-bond donors (Lipinski definition) is 0. The zero-order valence-corrected chi connectivity index (χ0v) is 53.1. The number of rotatable bonds is 63. The van der Waals surface area contributed by atoms with Crippen LogP contribution in [0.3, 0.4) is 0 Å². The van der Waals surface area contributed by atoms with Crippen LogP contribution in [0.5, 0.6) is 0 Å². The van der Waals surface area contributed by atoms with E-state index in [1.54, 1.807) is 0 Å². The zero-order chi connectivity index (χ0) is 57.8. The molecule has 0 saturated carbocycles. The fraction of sp³-hybridized carbons (Fsp3) is 0.770. The molecule has 0 radical (unpaired) electrons. The van der Waals surface area contributed by atoms with Crippen LogP contribution in [-0.4, -0.2) is 37.2 Å². The molecule has 0 N–H and O–H groups in total. The van der Waals surface area contributed by atoms with Crippen LogP contribution in [0.1, 0.15) is 348 Å². The van der Waals surface area contributed by atoms with Crippen molar-refractivity contribution in [3.63, 3.8) is 0 Å². The number of ether oxygens (including phenoxy) is 3. The molecule has 0 aliphatic heterocycles. The lowest BCUT2D eigenvalue weighted by molar-refractivity contribution is -0.167. The van der Waals surface area contributed by atoms with Gasteiger partial charge in [0, 0.05) is 19.3 Å². The number of unbranched alkanes of at least 4 members (excludes halogenated alkanes) is 38. The number of allylic oxidation sites excluding steroid dienone is 14. The lowest BCUT2D eigenvalue weighted by Crippen LogP contribution is -2.30. The normalized spacial score (nSPS) is 12.6.